The second-order valence-corrected chi connectivity index (χ2v) is 3.21. The van der Waals surface area contributed by atoms with E-state index in [4.69, 9.17) is 4.42 Å². The van der Waals surface area contributed by atoms with Gasteiger partial charge in [0.25, 0.3) is 0 Å². The molecular formula is C11H17NO3. The second kappa shape index (κ2) is 5.56. The van der Waals surface area contributed by atoms with E-state index in [9.17, 15) is 4.79 Å². The summed E-state index contributed by atoms with van der Waals surface area (Å²) in [6.45, 7) is 6.65. The van der Waals surface area contributed by atoms with Crippen LogP contribution in [0.25, 0.3) is 0 Å². The van der Waals surface area contributed by atoms with Gasteiger partial charge in [0, 0.05) is 0 Å². The Hall–Kier alpha value is -1.29. The molecule has 0 aliphatic rings. The summed E-state index contributed by atoms with van der Waals surface area (Å²) in [6.07, 6.45) is 1.52. The van der Waals surface area contributed by atoms with Crippen LogP contribution in [0.2, 0.25) is 0 Å². The highest BCUT2D eigenvalue weighted by molar-refractivity contribution is 5.90. The van der Waals surface area contributed by atoms with E-state index in [1.807, 2.05) is 0 Å². The van der Waals surface area contributed by atoms with Crippen molar-refractivity contribution in [3.63, 3.8) is 0 Å². The van der Waals surface area contributed by atoms with Crippen LogP contribution in [0, 0.1) is 0 Å². The molecular weight excluding hydrogens is 194 g/mol. The smallest absolute Gasteiger partial charge is 0.341 e. The summed E-state index contributed by atoms with van der Waals surface area (Å²) in [6, 6.07) is 1.64. The summed E-state index contributed by atoms with van der Waals surface area (Å²) >= 11 is 0. The highest BCUT2D eigenvalue weighted by Gasteiger charge is 2.16. The molecule has 1 rings (SSSR count). The van der Waals surface area contributed by atoms with Gasteiger partial charge < -0.3 is 9.15 Å². The van der Waals surface area contributed by atoms with E-state index in [0.717, 1.165) is 13.1 Å². The number of carbonyl (C=O) groups excluding carboxylic acids is 1. The molecule has 0 aromatic carbocycles. The number of carbonyl (C=O) groups is 1. The number of rotatable bonds is 5. The Morgan fingerprint density at radius 3 is 2.67 bits per heavy atom. The lowest BCUT2D eigenvalue weighted by Crippen LogP contribution is -2.23. The van der Waals surface area contributed by atoms with E-state index < -0.39 is 0 Å². The van der Waals surface area contributed by atoms with E-state index in [1.165, 1.54) is 13.4 Å². The lowest BCUT2D eigenvalue weighted by molar-refractivity contribution is 0.0596. The lowest BCUT2D eigenvalue weighted by atomic mass is 10.2. The van der Waals surface area contributed by atoms with Crippen LogP contribution in [0.5, 0.6) is 0 Å². The molecule has 1 heterocycles. The highest BCUT2D eigenvalue weighted by atomic mass is 16.5. The molecule has 0 saturated heterocycles. The molecule has 0 saturated carbocycles. The molecule has 4 nitrogen and oxygen atoms in total. The van der Waals surface area contributed by atoms with Gasteiger partial charge in [-0.1, -0.05) is 13.8 Å². The summed E-state index contributed by atoms with van der Waals surface area (Å²) in [7, 11) is 1.37. The highest BCUT2D eigenvalue weighted by Crippen LogP contribution is 2.14. The summed E-state index contributed by atoms with van der Waals surface area (Å²) in [4.78, 5) is 13.5. The average molecular weight is 211 g/mol. The molecule has 0 aliphatic carbocycles. The topological polar surface area (TPSA) is 42.7 Å². The zero-order chi connectivity index (χ0) is 11.3. The Morgan fingerprint density at radius 1 is 1.47 bits per heavy atom. The molecule has 1 aromatic heterocycles. The van der Waals surface area contributed by atoms with E-state index in [2.05, 4.69) is 23.5 Å². The molecule has 0 aliphatic heterocycles. The van der Waals surface area contributed by atoms with E-state index >= 15 is 0 Å². The van der Waals surface area contributed by atoms with Gasteiger partial charge >= 0.3 is 5.97 Å². The second-order valence-electron chi connectivity index (χ2n) is 3.21. The fourth-order valence-corrected chi connectivity index (χ4v) is 1.41. The summed E-state index contributed by atoms with van der Waals surface area (Å²) < 4.78 is 9.95. The number of nitrogens with zero attached hydrogens (tertiary/aromatic N) is 1. The first kappa shape index (κ1) is 11.8. The van der Waals surface area contributed by atoms with Crippen molar-refractivity contribution in [2.24, 2.45) is 0 Å². The van der Waals surface area contributed by atoms with Crippen molar-refractivity contribution >= 4 is 5.97 Å². The van der Waals surface area contributed by atoms with Crippen LogP contribution < -0.4 is 0 Å². The van der Waals surface area contributed by atoms with Crippen molar-refractivity contribution in [1.29, 1.82) is 0 Å². The molecule has 0 amide bonds. The summed E-state index contributed by atoms with van der Waals surface area (Å²) in [5, 5.41) is 0. The van der Waals surface area contributed by atoms with Crippen molar-refractivity contribution in [2.75, 3.05) is 20.2 Å². The van der Waals surface area contributed by atoms with Crippen LogP contribution in [0.3, 0.4) is 0 Å². The molecule has 0 atom stereocenters. The first-order chi connectivity index (χ1) is 7.22. The monoisotopic (exact) mass is 211 g/mol. The number of hydrogen-bond donors (Lipinski definition) is 0. The van der Waals surface area contributed by atoms with Gasteiger partial charge in [0.15, 0.2) is 0 Å². The maximum absolute atomic E-state index is 11.4. The minimum atomic E-state index is -0.342. The van der Waals surface area contributed by atoms with Gasteiger partial charge in [-0.2, -0.15) is 0 Å². The Bertz CT molecular complexity index is 315. The molecule has 0 fully saturated rings. The molecule has 0 bridgehead atoms. The lowest BCUT2D eigenvalue weighted by Gasteiger charge is -2.16. The fourth-order valence-electron chi connectivity index (χ4n) is 1.41. The van der Waals surface area contributed by atoms with Crippen molar-refractivity contribution in [3.05, 3.63) is 23.7 Å². The summed E-state index contributed by atoms with van der Waals surface area (Å²) in [5.74, 6) is 0.330. The molecule has 0 unspecified atom stereocenters. The molecule has 0 N–H and O–H groups in total. The average Bonchev–Trinajstić information content (AvgIpc) is 2.72. The van der Waals surface area contributed by atoms with Crippen LogP contribution >= 0.6 is 0 Å². The molecule has 4 heteroatoms. The number of furan rings is 1. The number of hydrogen-bond acceptors (Lipinski definition) is 4. The zero-order valence-electron chi connectivity index (χ0n) is 9.45. The SMILES string of the molecule is CCN(CC)Cc1occc1C(=O)OC. The molecule has 84 valence electrons. The van der Waals surface area contributed by atoms with Gasteiger partial charge in [0.2, 0.25) is 0 Å². The standard InChI is InChI=1S/C11H17NO3/c1-4-12(5-2)8-10-9(6-7-15-10)11(13)14-3/h6-7H,4-5,8H2,1-3H3. The number of ether oxygens (including phenoxy) is 1. The van der Waals surface area contributed by atoms with Gasteiger partial charge in [-0.15, -0.1) is 0 Å². The molecule has 0 radical (unpaired) electrons. The van der Waals surface area contributed by atoms with Crippen LogP contribution in [-0.2, 0) is 11.3 Å². The van der Waals surface area contributed by atoms with Crippen LogP contribution in [0.1, 0.15) is 30.0 Å². The minimum Gasteiger partial charge on any atom is -0.467 e. The Balaban J connectivity index is 2.76. The predicted octanol–water partition coefficient (Wildman–Crippen LogP) is 1.91. The normalized spacial score (nSPS) is 10.7. The first-order valence-electron chi connectivity index (χ1n) is 5.09. The largest absolute Gasteiger partial charge is 0.467 e. The van der Waals surface area contributed by atoms with Crippen LogP contribution in [0.4, 0.5) is 0 Å². The van der Waals surface area contributed by atoms with Gasteiger partial charge in [-0.05, 0) is 19.2 Å². The van der Waals surface area contributed by atoms with E-state index in [-0.39, 0.29) is 5.97 Å². The minimum absolute atomic E-state index is 0.342. The molecule has 0 spiro atoms. The van der Waals surface area contributed by atoms with Crippen LogP contribution in [-0.4, -0.2) is 31.1 Å². The van der Waals surface area contributed by atoms with Crippen molar-refractivity contribution in [3.8, 4) is 0 Å². The Labute approximate surface area is 89.8 Å². The first-order valence-corrected chi connectivity index (χ1v) is 5.09. The Kier molecular flexibility index (Phi) is 4.37. The number of methoxy groups -OCH3 is 1. The van der Waals surface area contributed by atoms with E-state index in [0.29, 0.717) is 17.9 Å². The van der Waals surface area contributed by atoms with E-state index in [1.54, 1.807) is 6.07 Å². The van der Waals surface area contributed by atoms with Gasteiger partial charge in [-0.3, -0.25) is 4.90 Å². The predicted molar refractivity (Wildman–Crippen MR) is 56.7 cm³/mol. The fraction of sp³-hybridized carbons (Fsp3) is 0.545. The quantitative estimate of drug-likeness (QED) is 0.698. The third-order valence-corrected chi connectivity index (χ3v) is 2.41. The number of esters is 1. The molecule has 15 heavy (non-hydrogen) atoms. The van der Waals surface area contributed by atoms with Crippen molar-refractivity contribution in [2.45, 2.75) is 20.4 Å². The zero-order valence-corrected chi connectivity index (χ0v) is 9.45. The van der Waals surface area contributed by atoms with Crippen LogP contribution in [0.15, 0.2) is 16.7 Å². The van der Waals surface area contributed by atoms with Crippen molar-refractivity contribution in [1.82, 2.24) is 4.90 Å². The third-order valence-electron chi connectivity index (χ3n) is 2.41. The van der Waals surface area contributed by atoms with Gasteiger partial charge in [0.1, 0.15) is 11.3 Å². The molecule has 1 aromatic rings. The van der Waals surface area contributed by atoms with Crippen molar-refractivity contribution < 1.29 is 13.9 Å². The van der Waals surface area contributed by atoms with Gasteiger partial charge in [0.05, 0.1) is 19.9 Å². The maximum Gasteiger partial charge on any atom is 0.341 e. The maximum atomic E-state index is 11.4. The summed E-state index contributed by atoms with van der Waals surface area (Å²) in [5.41, 5.74) is 0.518. The van der Waals surface area contributed by atoms with Gasteiger partial charge in [-0.25, -0.2) is 4.79 Å². The third kappa shape index (κ3) is 2.83. The Morgan fingerprint density at radius 2 is 2.13 bits per heavy atom.